The van der Waals surface area contributed by atoms with E-state index in [1.807, 2.05) is 19.1 Å². The third-order valence-corrected chi connectivity index (χ3v) is 4.53. The van der Waals surface area contributed by atoms with Gasteiger partial charge in [0.15, 0.2) is 6.61 Å². The lowest BCUT2D eigenvalue weighted by atomic mass is 10.2. The van der Waals surface area contributed by atoms with Crippen LogP contribution in [0.4, 0.5) is 5.69 Å². The number of esters is 1. The zero-order valence-corrected chi connectivity index (χ0v) is 19.1. The zero-order chi connectivity index (χ0) is 24.2. The lowest BCUT2D eigenvalue weighted by Crippen LogP contribution is -2.20. The van der Waals surface area contributed by atoms with Gasteiger partial charge >= 0.3 is 5.97 Å². The second-order valence-corrected chi connectivity index (χ2v) is 6.98. The van der Waals surface area contributed by atoms with Crippen LogP contribution in [-0.4, -0.2) is 45.4 Å². The van der Waals surface area contributed by atoms with Gasteiger partial charge in [0.05, 0.1) is 19.3 Å². The molecule has 0 aromatic heterocycles. The number of benzene rings is 3. The van der Waals surface area contributed by atoms with Gasteiger partial charge in [-0.2, -0.15) is 0 Å². The summed E-state index contributed by atoms with van der Waals surface area (Å²) in [5, 5.41) is 2.73. The molecule has 0 aliphatic rings. The molecule has 0 spiro atoms. The van der Waals surface area contributed by atoms with Crippen LogP contribution in [0.2, 0.25) is 0 Å². The van der Waals surface area contributed by atoms with E-state index in [1.54, 1.807) is 67.8 Å². The molecule has 0 saturated carbocycles. The molecule has 0 bridgehead atoms. The highest BCUT2D eigenvalue weighted by molar-refractivity contribution is 5.92. The summed E-state index contributed by atoms with van der Waals surface area (Å²) in [6, 6.07) is 20.6. The van der Waals surface area contributed by atoms with E-state index in [0.717, 1.165) is 5.75 Å². The number of amides is 1. The minimum absolute atomic E-state index is 0.106. The highest BCUT2D eigenvalue weighted by Crippen LogP contribution is 2.18. The number of hydrogen-bond acceptors (Lipinski definition) is 7. The first kappa shape index (κ1) is 24.4. The number of nitrogens with one attached hydrogen (secondary N) is 1. The van der Waals surface area contributed by atoms with E-state index in [-0.39, 0.29) is 25.7 Å². The van der Waals surface area contributed by atoms with Crippen LogP contribution in [0.25, 0.3) is 0 Å². The Morgan fingerprint density at radius 2 is 1.41 bits per heavy atom. The van der Waals surface area contributed by atoms with Crippen molar-refractivity contribution in [1.29, 1.82) is 0 Å². The molecule has 0 unspecified atom stereocenters. The maximum absolute atomic E-state index is 12.2. The van der Waals surface area contributed by atoms with E-state index in [9.17, 15) is 9.59 Å². The summed E-state index contributed by atoms with van der Waals surface area (Å²) >= 11 is 0. The normalized spacial score (nSPS) is 10.2. The molecule has 0 atom stereocenters. The van der Waals surface area contributed by atoms with Gasteiger partial charge in [0.1, 0.15) is 36.2 Å². The highest BCUT2D eigenvalue weighted by Gasteiger charge is 2.09. The van der Waals surface area contributed by atoms with Gasteiger partial charge in [0.25, 0.3) is 5.91 Å². The molecule has 34 heavy (non-hydrogen) atoms. The third-order valence-electron chi connectivity index (χ3n) is 4.53. The summed E-state index contributed by atoms with van der Waals surface area (Å²) in [7, 11) is 1.56. The van der Waals surface area contributed by atoms with Gasteiger partial charge in [0, 0.05) is 11.8 Å². The topological polar surface area (TPSA) is 92.3 Å². The second-order valence-electron chi connectivity index (χ2n) is 6.98. The smallest absolute Gasteiger partial charge is 0.338 e. The average molecular weight is 466 g/mol. The van der Waals surface area contributed by atoms with E-state index in [4.69, 9.17) is 23.7 Å². The van der Waals surface area contributed by atoms with Crippen LogP contribution in [0.15, 0.2) is 72.8 Å². The van der Waals surface area contributed by atoms with Crippen molar-refractivity contribution in [1.82, 2.24) is 0 Å². The van der Waals surface area contributed by atoms with Crippen molar-refractivity contribution in [3.63, 3.8) is 0 Å². The standard InChI is InChI=1S/C26H27NO7/c1-3-31-21-11-13-22(14-12-21)32-15-16-33-26(29)19-7-9-23(10-8-19)34-18-25(28)27-20-5-4-6-24(17-20)30-2/h4-14,17H,3,15-16,18H2,1-2H3,(H,27,28). The molecule has 0 radical (unpaired) electrons. The molecule has 3 aromatic carbocycles. The van der Waals surface area contributed by atoms with Crippen LogP contribution in [0.5, 0.6) is 23.0 Å². The number of rotatable bonds is 12. The van der Waals surface area contributed by atoms with Gasteiger partial charge < -0.3 is 29.0 Å². The molecule has 0 fully saturated rings. The predicted octanol–water partition coefficient (Wildman–Crippen LogP) is 4.35. The summed E-state index contributed by atoms with van der Waals surface area (Å²) in [4.78, 5) is 24.3. The number of anilines is 1. The van der Waals surface area contributed by atoms with Gasteiger partial charge in [-0.05, 0) is 67.6 Å². The van der Waals surface area contributed by atoms with E-state index >= 15 is 0 Å². The van der Waals surface area contributed by atoms with Crippen LogP contribution >= 0.6 is 0 Å². The van der Waals surface area contributed by atoms with Crippen LogP contribution in [-0.2, 0) is 9.53 Å². The number of carbonyl (C=O) groups is 2. The zero-order valence-electron chi connectivity index (χ0n) is 19.1. The van der Waals surface area contributed by atoms with Crippen molar-refractivity contribution in [2.45, 2.75) is 6.92 Å². The van der Waals surface area contributed by atoms with E-state index < -0.39 is 5.97 Å². The molecular weight excluding hydrogens is 438 g/mol. The summed E-state index contributed by atoms with van der Waals surface area (Å²) in [6.07, 6.45) is 0. The molecule has 3 rings (SSSR count). The Bertz CT molecular complexity index is 1070. The van der Waals surface area contributed by atoms with Gasteiger partial charge in [-0.1, -0.05) is 6.07 Å². The first-order valence-electron chi connectivity index (χ1n) is 10.8. The van der Waals surface area contributed by atoms with Crippen LogP contribution in [0.1, 0.15) is 17.3 Å². The second kappa shape index (κ2) is 12.7. The predicted molar refractivity (Wildman–Crippen MR) is 127 cm³/mol. The molecule has 0 aliphatic heterocycles. The van der Waals surface area contributed by atoms with E-state index in [1.165, 1.54) is 0 Å². The Morgan fingerprint density at radius 1 is 0.765 bits per heavy atom. The minimum Gasteiger partial charge on any atom is -0.497 e. The van der Waals surface area contributed by atoms with Gasteiger partial charge in [-0.25, -0.2) is 4.79 Å². The number of carbonyl (C=O) groups excluding carboxylic acids is 2. The first-order chi connectivity index (χ1) is 16.6. The molecule has 3 aromatic rings. The van der Waals surface area contributed by atoms with Crippen molar-refractivity contribution >= 4 is 17.6 Å². The van der Waals surface area contributed by atoms with Crippen molar-refractivity contribution in [3.8, 4) is 23.0 Å². The Labute approximate surface area is 198 Å². The molecular formula is C26H27NO7. The first-order valence-corrected chi connectivity index (χ1v) is 10.8. The van der Waals surface area contributed by atoms with Crippen molar-refractivity contribution < 1.29 is 33.3 Å². The maximum atomic E-state index is 12.2. The summed E-state index contributed by atoms with van der Waals surface area (Å²) < 4.78 is 26.8. The summed E-state index contributed by atoms with van der Waals surface area (Å²) in [5.41, 5.74) is 0.979. The Balaban J connectivity index is 1.37. The number of hydrogen-bond donors (Lipinski definition) is 1. The van der Waals surface area contributed by atoms with E-state index in [0.29, 0.717) is 35.1 Å². The molecule has 0 heterocycles. The fourth-order valence-corrected chi connectivity index (χ4v) is 2.91. The lowest BCUT2D eigenvalue weighted by molar-refractivity contribution is -0.118. The molecule has 0 aliphatic carbocycles. The van der Waals surface area contributed by atoms with Gasteiger partial charge in [-0.3, -0.25) is 4.79 Å². The molecule has 8 nitrogen and oxygen atoms in total. The van der Waals surface area contributed by atoms with Crippen LogP contribution in [0.3, 0.4) is 0 Å². The molecule has 8 heteroatoms. The average Bonchev–Trinajstić information content (AvgIpc) is 2.87. The minimum atomic E-state index is -0.474. The Hall–Kier alpha value is -4.20. The number of methoxy groups -OCH3 is 1. The Kier molecular flexibility index (Phi) is 9.16. The Morgan fingerprint density at radius 3 is 2.09 bits per heavy atom. The fourth-order valence-electron chi connectivity index (χ4n) is 2.91. The van der Waals surface area contributed by atoms with Gasteiger partial charge in [0.2, 0.25) is 0 Å². The van der Waals surface area contributed by atoms with Crippen molar-refractivity contribution in [2.75, 3.05) is 38.9 Å². The van der Waals surface area contributed by atoms with Crippen molar-refractivity contribution in [2.24, 2.45) is 0 Å². The highest BCUT2D eigenvalue weighted by atomic mass is 16.6. The fraction of sp³-hybridized carbons (Fsp3) is 0.231. The summed E-state index contributed by atoms with van der Waals surface area (Å²) in [6.45, 7) is 2.67. The molecule has 0 saturated heterocycles. The quantitative estimate of drug-likeness (QED) is 0.314. The monoisotopic (exact) mass is 465 g/mol. The van der Waals surface area contributed by atoms with E-state index in [2.05, 4.69) is 5.32 Å². The van der Waals surface area contributed by atoms with Crippen LogP contribution in [0, 0.1) is 0 Å². The SMILES string of the molecule is CCOc1ccc(OCCOC(=O)c2ccc(OCC(=O)Nc3cccc(OC)c3)cc2)cc1. The number of ether oxygens (including phenoxy) is 5. The van der Waals surface area contributed by atoms with Crippen molar-refractivity contribution in [3.05, 3.63) is 78.4 Å². The molecule has 1 N–H and O–H groups in total. The summed E-state index contributed by atoms with van der Waals surface area (Å²) in [5.74, 6) is 1.74. The molecule has 1 amide bonds. The maximum Gasteiger partial charge on any atom is 0.338 e. The third kappa shape index (κ3) is 7.74. The molecule has 178 valence electrons. The lowest BCUT2D eigenvalue weighted by Gasteiger charge is -2.10. The largest absolute Gasteiger partial charge is 0.497 e. The van der Waals surface area contributed by atoms with Gasteiger partial charge in [-0.15, -0.1) is 0 Å². The van der Waals surface area contributed by atoms with Crippen LogP contribution < -0.4 is 24.3 Å².